The van der Waals surface area contributed by atoms with Crippen LogP contribution in [0.25, 0.3) is 21.8 Å². The lowest BCUT2D eigenvalue weighted by Crippen LogP contribution is -2.06. The third kappa shape index (κ3) is 1.77. The zero-order valence-electron chi connectivity index (χ0n) is 9.01. The fourth-order valence-corrected chi connectivity index (χ4v) is 2.12. The van der Waals surface area contributed by atoms with E-state index in [4.69, 9.17) is 11.6 Å². The molecule has 8 heteroatoms. The molecule has 0 spiro atoms. The first-order valence-corrected chi connectivity index (χ1v) is 5.42. The van der Waals surface area contributed by atoms with E-state index in [0.29, 0.717) is 5.39 Å². The number of aromatic amines is 1. The van der Waals surface area contributed by atoms with Crippen LogP contribution in [0.5, 0.6) is 0 Å². The molecule has 2 heterocycles. The number of pyridine rings is 1. The molecule has 0 radical (unpaired) electrons. The molecule has 0 saturated heterocycles. The van der Waals surface area contributed by atoms with Gasteiger partial charge >= 0.3 is 11.8 Å². The number of nitrogens with one attached hydrogen (secondary N) is 1. The number of hydrogen-bond acceptors (Lipinski definition) is 3. The van der Waals surface area contributed by atoms with Crippen LogP contribution in [0.3, 0.4) is 0 Å². The van der Waals surface area contributed by atoms with Gasteiger partial charge in [-0.25, -0.2) is 9.95 Å². The van der Waals surface area contributed by atoms with Crippen LogP contribution in [0.2, 0.25) is 5.02 Å². The quantitative estimate of drug-likeness (QED) is 0.690. The Kier molecular flexibility index (Phi) is 2.37. The lowest BCUT2D eigenvalue weighted by Gasteiger charge is -2.09. The minimum absolute atomic E-state index is 0.0706. The Balaban J connectivity index is 2.44. The molecule has 98 valence electrons. The summed E-state index contributed by atoms with van der Waals surface area (Å²) in [5, 5.41) is 2.34. The van der Waals surface area contributed by atoms with Crippen molar-refractivity contribution in [2.45, 2.75) is 6.18 Å². The van der Waals surface area contributed by atoms with E-state index in [1.807, 2.05) is 0 Å². The molecule has 0 saturated carbocycles. The second-order valence-corrected chi connectivity index (χ2v) is 4.29. The van der Waals surface area contributed by atoms with Crippen molar-refractivity contribution in [3.63, 3.8) is 0 Å². The number of nitrogens with zero attached hydrogens (tertiary/aromatic N) is 1. The SMILES string of the molecule is O=c1o[nH]c2c1cnc1cc(C(F)(F)F)c(Cl)cc12. The average Bonchev–Trinajstić information content (AvgIpc) is 2.69. The van der Waals surface area contributed by atoms with Gasteiger partial charge in [0.2, 0.25) is 0 Å². The van der Waals surface area contributed by atoms with Gasteiger partial charge in [0.25, 0.3) is 0 Å². The Labute approximate surface area is 107 Å². The molecule has 3 rings (SSSR count). The van der Waals surface area contributed by atoms with Crippen LogP contribution in [0.1, 0.15) is 5.56 Å². The van der Waals surface area contributed by atoms with Gasteiger partial charge in [-0.15, -0.1) is 0 Å². The summed E-state index contributed by atoms with van der Waals surface area (Å²) in [6, 6.07) is 1.95. The van der Waals surface area contributed by atoms with Crippen molar-refractivity contribution in [2.24, 2.45) is 0 Å². The van der Waals surface area contributed by atoms with Gasteiger partial charge in [-0.1, -0.05) is 11.6 Å². The van der Waals surface area contributed by atoms with Crippen molar-refractivity contribution < 1.29 is 17.7 Å². The number of H-pyrrole nitrogens is 1. The van der Waals surface area contributed by atoms with Crippen molar-refractivity contribution >= 4 is 33.4 Å². The number of fused-ring (bicyclic) bond motifs is 3. The van der Waals surface area contributed by atoms with E-state index in [0.717, 1.165) is 18.3 Å². The molecule has 1 aromatic carbocycles. The van der Waals surface area contributed by atoms with Crippen LogP contribution in [0.4, 0.5) is 13.2 Å². The third-order valence-corrected chi connectivity index (χ3v) is 3.04. The second kappa shape index (κ2) is 3.74. The molecule has 0 unspecified atom stereocenters. The molecule has 3 aromatic rings. The number of rotatable bonds is 0. The summed E-state index contributed by atoms with van der Waals surface area (Å²) in [6.45, 7) is 0. The topological polar surface area (TPSA) is 58.9 Å². The molecule has 0 atom stereocenters. The minimum atomic E-state index is -4.56. The van der Waals surface area contributed by atoms with Gasteiger partial charge in [-0.2, -0.15) is 13.2 Å². The molecule has 0 aliphatic rings. The second-order valence-electron chi connectivity index (χ2n) is 3.89. The summed E-state index contributed by atoms with van der Waals surface area (Å²) in [6.07, 6.45) is -3.40. The maximum Gasteiger partial charge on any atom is 0.417 e. The molecule has 0 aliphatic heterocycles. The van der Waals surface area contributed by atoms with Crippen molar-refractivity contribution in [1.82, 2.24) is 10.1 Å². The van der Waals surface area contributed by atoms with E-state index in [1.54, 1.807) is 0 Å². The Morgan fingerprint density at radius 2 is 2.00 bits per heavy atom. The molecular weight excluding hydrogens is 285 g/mol. The van der Waals surface area contributed by atoms with Crippen LogP contribution in [0, 0.1) is 0 Å². The van der Waals surface area contributed by atoms with Crippen molar-refractivity contribution in [3.05, 3.63) is 39.3 Å². The average molecular weight is 289 g/mol. The summed E-state index contributed by atoms with van der Waals surface area (Å²) >= 11 is 5.62. The summed E-state index contributed by atoms with van der Waals surface area (Å²) in [5.74, 6) is 0. The summed E-state index contributed by atoms with van der Waals surface area (Å²) < 4.78 is 42.7. The summed E-state index contributed by atoms with van der Waals surface area (Å²) in [4.78, 5) is 15.1. The van der Waals surface area contributed by atoms with Crippen LogP contribution in [0.15, 0.2) is 27.6 Å². The highest BCUT2D eigenvalue weighted by Gasteiger charge is 2.33. The smallest absolute Gasteiger partial charge is 0.338 e. The van der Waals surface area contributed by atoms with Crippen molar-refractivity contribution in [2.75, 3.05) is 0 Å². The molecule has 4 nitrogen and oxygen atoms in total. The Bertz CT molecular complexity index is 851. The number of benzene rings is 1. The number of halogens is 4. The highest BCUT2D eigenvalue weighted by molar-refractivity contribution is 6.32. The van der Waals surface area contributed by atoms with E-state index in [1.165, 1.54) is 0 Å². The predicted octanol–water partition coefficient (Wildman–Crippen LogP) is 3.34. The fourth-order valence-electron chi connectivity index (χ4n) is 1.85. The van der Waals surface area contributed by atoms with Gasteiger partial charge in [0, 0.05) is 11.6 Å². The van der Waals surface area contributed by atoms with Crippen molar-refractivity contribution in [3.8, 4) is 0 Å². The normalized spacial score (nSPS) is 12.4. The van der Waals surface area contributed by atoms with E-state index in [9.17, 15) is 18.0 Å². The zero-order valence-corrected chi connectivity index (χ0v) is 9.76. The fraction of sp³-hybridized carbons (Fsp3) is 0.0909. The lowest BCUT2D eigenvalue weighted by molar-refractivity contribution is -0.137. The Hall–Kier alpha value is -2.02. The van der Waals surface area contributed by atoms with Gasteiger partial charge in [-0.3, -0.25) is 4.98 Å². The number of hydrogen-bond donors (Lipinski definition) is 1. The molecule has 0 bridgehead atoms. The van der Waals surface area contributed by atoms with Crippen molar-refractivity contribution in [1.29, 1.82) is 0 Å². The largest absolute Gasteiger partial charge is 0.417 e. The summed E-state index contributed by atoms with van der Waals surface area (Å²) in [5.41, 5.74) is -1.27. The van der Waals surface area contributed by atoms with Gasteiger partial charge in [0.1, 0.15) is 5.39 Å². The molecule has 19 heavy (non-hydrogen) atoms. The number of aromatic nitrogens is 2. The minimum Gasteiger partial charge on any atom is -0.338 e. The molecule has 0 aliphatic carbocycles. The Morgan fingerprint density at radius 1 is 1.26 bits per heavy atom. The Morgan fingerprint density at radius 3 is 2.68 bits per heavy atom. The van der Waals surface area contributed by atoms with Gasteiger partial charge < -0.3 is 4.52 Å². The van der Waals surface area contributed by atoms with E-state index in [-0.39, 0.29) is 16.4 Å². The summed E-state index contributed by atoms with van der Waals surface area (Å²) in [7, 11) is 0. The van der Waals surface area contributed by atoms with E-state index in [2.05, 4.69) is 14.7 Å². The molecule has 2 aromatic heterocycles. The highest BCUT2D eigenvalue weighted by atomic mass is 35.5. The first-order valence-electron chi connectivity index (χ1n) is 5.04. The van der Waals surface area contributed by atoms with E-state index >= 15 is 0 Å². The van der Waals surface area contributed by atoms with Crippen LogP contribution < -0.4 is 5.63 Å². The lowest BCUT2D eigenvalue weighted by atomic mass is 10.1. The van der Waals surface area contributed by atoms with Crippen LogP contribution in [-0.4, -0.2) is 10.1 Å². The van der Waals surface area contributed by atoms with Crippen LogP contribution in [-0.2, 0) is 6.18 Å². The molecule has 0 fully saturated rings. The van der Waals surface area contributed by atoms with Gasteiger partial charge in [-0.05, 0) is 12.1 Å². The monoisotopic (exact) mass is 288 g/mol. The first kappa shape index (κ1) is 12.0. The van der Waals surface area contributed by atoms with Crippen LogP contribution >= 0.6 is 11.6 Å². The third-order valence-electron chi connectivity index (χ3n) is 2.73. The highest BCUT2D eigenvalue weighted by Crippen LogP contribution is 2.37. The molecule has 0 amide bonds. The number of alkyl halides is 3. The standard InChI is InChI=1S/C11H4ClF3N2O2/c12-7-1-4-8(2-6(7)11(13,14)15)16-3-5-9(4)17-19-10(5)18/h1-3,17H. The van der Waals surface area contributed by atoms with Gasteiger partial charge in [0.05, 0.1) is 21.6 Å². The maximum atomic E-state index is 12.7. The molecule has 1 N–H and O–H groups in total. The van der Waals surface area contributed by atoms with Gasteiger partial charge in [0.15, 0.2) is 0 Å². The molecular formula is C11H4ClF3N2O2. The zero-order chi connectivity index (χ0) is 13.8. The maximum absolute atomic E-state index is 12.7. The predicted molar refractivity (Wildman–Crippen MR) is 62.1 cm³/mol. The van der Waals surface area contributed by atoms with E-state index < -0.39 is 22.4 Å². The first-order chi connectivity index (χ1) is 8.88.